The molecule has 0 radical (unpaired) electrons. The molecule has 0 heterocycles. The number of carbonyl (C=O) groups is 1. The van der Waals surface area contributed by atoms with Crippen LogP contribution in [0.5, 0.6) is 28.7 Å². The Balaban J connectivity index is 2.31. The normalized spacial score (nSPS) is 10.1. The lowest BCUT2D eigenvalue weighted by atomic mass is 10.2. The van der Waals surface area contributed by atoms with Crippen molar-refractivity contribution in [1.82, 2.24) is 0 Å². The summed E-state index contributed by atoms with van der Waals surface area (Å²) in [5, 5.41) is 0. The molecule has 0 saturated carbocycles. The summed E-state index contributed by atoms with van der Waals surface area (Å²) in [5.41, 5.74) is 0.333. The van der Waals surface area contributed by atoms with E-state index in [1.807, 2.05) is 13.8 Å². The molecule has 0 aliphatic carbocycles. The van der Waals surface area contributed by atoms with Crippen LogP contribution in [-0.2, 0) is 0 Å². The number of carbonyl (C=O) groups excluding carboxylic acids is 1. The van der Waals surface area contributed by atoms with Crippen LogP contribution in [0.3, 0.4) is 0 Å². The van der Waals surface area contributed by atoms with Crippen molar-refractivity contribution in [1.29, 1.82) is 0 Å². The van der Waals surface area contributed by atoms with Crippen LogP contribution in [-0.4, -0.2) is 33.4 Å². The minimum Gasteiger partial charge on any atom is -0.493 e. The Kier molecular flexibility index (Phi) is 6.51. The van der Waals surface area contributed by atoms with Crippen LogP contribution in [0.2, 0.25) is 0 Å². The summed E-state index contributed by atoms with van der Waals surface area (Å²) in [4.78, 5) is 12.5. The van der Waals surface area contributed by atoms with Gasteiger partial charge in [0, 0.05) is 0 Å². The Morgan fingerprint density at radius 3 is 2.00 bits per heavy atom. The summed E-state index contributed by atoms with van der Waals surface area (Å²) in [5.74, 6) is 1.56. The van der Waals surface area contributed by atoms with E-state index in [2.05, 4.69) is 0 Å². The van der Waals surface area contributed by atoms with Gasteiger partial charge in [0.05, 0.1) is 33.0 Å². The van der Waals surface area contributed by atoms with E-state index < -0.39 is 5.97 Å². The predicted molar refractivity (Wildman–Crippen MR) is 93.3 cm³/mol. The van der Waals surface area contributed by atoms with E-state index in [0.717, 1.165) is 0 Å². The molecule has 0 atom stereocenters. The average molecular weight is 346 g/mol. The van der Waals surface area contributed by atoms with Gasteiger partial charge < -0.3 is 23.7 Å². The van der Waals surface area contributed by atoms with Crippen molar-refractivity contribution in [3.63, 3.8) is 0 Å². The molecule has 2 aromatic carbocycles. The minimum absolute atomic E-state index is 0.226. The number of para-hydroxylation sites is 1. The summed E-state index contributed by atoms with van der Waals surface area (Å²) >= 11 is 0. The van der Waals surface area contributed by atoms with E-state index in [4.69, 9.17) is 23.7 Å². The van der Waals surface area contributed by atoms with Gasteiger partial charge in [-0.25, -0.2) is 4.79 Å². The SMILES string of the molecule is CCOc1ccc(C(=O)Oc2c(OC)cccc2OC)cc1OCC. The lowest BCUT2D eigenvalue weighted by molar-refractivity contribution is 0.0723. The molecule has 0 aromatic heterocycles. The van der Waals surface area contributed by atoms with E-state index in [9.17, 15) is 4.79 Å². The number of methoxy groups -OCH3 is 2. The van der Waals surface area contributed by atoms with E-state index in [1.165, 1.54) is 14.2 Å². The summed E-state index contributed by atoms with van der Waals surface area (Å²) in [6.45, 7) is 4.70. The first-order valence-electron chi connectivity index (χ1n) is 7.97. The highest BCUT2D eigenvalue weighted by atomic mass is 16.6. The molecule has 6 nitrogen and oxygen atoms in total. The third-order valence-corrected chi connectivity index (χ3v) is 3.36. The predicted octanol–water partition coefficient (Wildman–Crippen LogP) is 3.72. The maximum atomic E-state index is 12.5. The maximum absolute atomic E-state index is 12.5. The maximum Gasteiger partial charge on any atom is 0.343 e. The first-order valence-corrected chi connectivity index (χ1v) is 7.97. The van der Waals surface area contributed by atoms with Gasteiger partial charge >= 0.3 is 5.97 Å². The molecule has 25 heavy (non-hydrogen) atoms. The number of benzene rings is 2. The summed E-state index contributed by atoms with van der Waals surface area (Å²) < 4.78 is 27.0. The van der Waals surface area contributed by atoms with Crippen molar-refractivity contribution in [2.75, 3.05) is 27.4 Å². The smallest absolute Gasteiger partial charge is 0.343 e. The van der Waals surface area contributed by atoms with E-state index in [-0.39, 0.29) is 5.75 Å². The third-order valence-electron chi connectivity index (χ3n) is 3.36. The molecule has 0 bridgehead atoms. The van der Waals surface area contributed by atoms with E-state index >= 15 is 0 Å². The number of esters is 1. The van der Waals surface area contributed by atoms with Crippen LogP contribution in [0.15, 0.2) is 36.4 Å². The lowest BCUT2D eigenvalue weighted by Gasteiger charge is -2.14. The zero-order chi connectivity index (χ0) is 18.2. The largest absolute Gasteiger partial charge is 0.493 e. The van der Waals surface area contributed by atoms with Crippen molar-refractivity contribution in [3.05, 3.63) is 42.0 Å². The summed E-state index contributed by atoms with van der Waals surface area (Å²) in [6, 6.07) is 10.0. The zero-order valence-electron chi connectivity index (χ0n) is 14.8. The van der Waals surface area contributed by atoms with Crippen molar-refractivity contribution in [3.8, 4) is 28.7 Å². The van der Waals surface area contributed by atoms with Gasteiger partial charge in [0.15, 0.2) is 23.0 Å². The van der Waals surface area contributed by atoms with Gasteiger partial charge in [-0.1, -0.05) is 6.07 Å². The molecule has 0 spiro atoms. The quantitative estimate of drug-likeness (QED) is 0.536. The average Bonchev–Trinajstić information content (AvgIpc) is 2.63. The van der Waals surface area contributed by atoms with Crippen LogP contribution in [0, 0.1) is 0 Å². The molecular formula is C19H22O6. The van der Waals surface area contributed by atoms with Crippen LogP contribution < -0.4 is 23.7 Å². The number of hydrogen-bond acceptors (Lipinski definition) is 6. The second-order valence-electron chi connectivity index (χ2n) is 4.91. The van der Waals surface area contributed by atoms with Gasteiger partial charge in [-0.3, -0.25) is 0 Å². The molecule has 0 aliphatic heterocycles. The first-order chi connectivity index (χ1) is 12.1. The molecule has 134 valence electrons. The van der Waals surface area contributed by atoms with Crippen molar-refractivity contribution < 1.29 is 28.5 Å². The van der Waals surface area contributed by atoms with Gasteiger partial charge in [-0.15, -0.1) is 0 Å². The fourth-order valence-corrected chi connectivity index (χ4v) is 2.25. The van der Waals surface area contributed by atoms with Crippen LogP contribution in [0.25, 0.3) is 0 Å². The fourth-order valence-electron chi connectivity index (χ4n) is 2.25. The fraction of sp³-hybridized carbons (Fsp3) is 0.316. The minimum atomic E-state index is -0.549. The van der Waals surface area contributed by atoms with E-state index in [1.54, 1.807) is 36.4 Å². The van der Waals surface area contributed by atoms with Crippen LogP contribution in [0.1, 0.15) is 24.2 Å². The molecule has 0 N–H and O–H groups in total. The van der Waals surface area contributed by atoms with Crippen LogP contribution >= 0.6 is 0 Å². The Bertz CT molecular complexity index is 704. The highest BCUT2D eigenvalue weighted by Crippen LogP contribution is 2.37. The number of ether oxygens (including phenoxy) is 5. The lowest BCUT2D eigenvalue weighted by Crippen LogP contribution is -2.11. The second kappa shape index (κ2) is 8.82. The standard InChI is InChI=1S/C19H22O6/c1-5-23-14-11-10-13(12-17(14)24-6-2)19(20)25-18-15(21-3)8-7-9-16(18)22-4/h7-12H,5-6H2,1-4H3. The molecule has 2 aromatic rings. The Hall–Kier alpha value is -2.89. The molecular weight excluding hydrogens is 324 g/mol. The molecule has 0 fully saturated rings. The molecule has 2 rings (SSSR count). The van der Waals surface area contributed by atoms with Crippen molar-refractivity contribution >= 4 is 5.97 Å². The van der Waals surface area contributed by atoms with Gasteiger partial charge in [0.1, 0.15) is 0 Å². The van der Waals surface area contributed by atoms with Crippen LogP contribution in [0.4, 0.5) is 0 Å². The zero-order valence-corrected chi connectivity index (χ0v) is 14.8. The molecule has 6 heteroatoms. The van der Waals surface area contributed by atoms with Gasteiger partial charge in [0.25, 0.3) is 0 Å². The second-order valence-corrected chi connectivity index (χ2v) is 4.91. The van der Waals surface area contributed by atoms with Gasteiger partial charge in [-0.05, 0) is 44.2 Å². The Labute approximate surface area is 147 Å². The highest BCUT2D eigenvalue weighted by Gasteiger charge is 2.18. The Morgan fingerprint density at radius 2 is 1.44 bits per heavy atom. The molecule has 0 aliphatic rings. The number of hydrogen-bond donors (Lipinski definition) is 0. The monoisotopic (exact) mass is 346 g/mol. The number of rotatable bonds is 8. The first kappa shape index (κ1) is 18.4. The van der Waals surface area contributed by atoms with Gasteiger partial charge in [0.2, 0.25) is 5.75 Å². The molecule has 0 saturated heterocycles. The summed E-state index contributed by atoms with van der Waals surface area (Å²) in [7, 11) is 2.99. The van der Waals surface area contributed by atoms with Crippen molar-refractivity contribution in [2.45, 2.75) is 13.8 Å². The third kappa shape index (κ3) is 4.35. The Morgan fingerprint density at radius 1 is 0.840 bits per heavy atom. The van der Waals surface area contributed by atoms with Gasteiger partial charge in [-0.2, -0.15) is 0 Å². The van der Waals surface area contributed by atoms with E-state index in [0.29, 0.717) is 41.8 Å². The topological polar surface area (TPSA) is 63.2 Å². The molecule has 0 amide bonds. The molecule has 0 unspecified atom stereocenters. The van der Waals surface area contributed by atoms with Crippen molar-refractivity contribution in [2.24, 2.45) is 0 Å². The highest BCUT2D eigenvalue weighted by molar-refractivity contribution is 5.92. The summed E-state index contributed by atoms with van der Waals surface area (Å²) in [6.07, 6.45) is 0.